The van der Waals surface area contributed by atoms with Crippen molar-refractivity contribution in [3.63, 3.8) is 0 Å². The van der Waals surface area contributed by atoms with Crippen molar-refractivity contribution in [1.82, 2.24) is 9.88 Å². The van der Waals surface area contributed by atoms with Gasteiger partial charge < -0.3 is 19.9 Å². The fraction of sp³-hybridized carbons (Fsp3) is 0.286. The zero-order valence-corrected chi connectivity index (χ0v) is 14.7. The number of hydrogen-bond acceptors (Lipinski definition) is 3. The number of rotatable bonds is 5. The van der Waals surface area contributed by atoms with Gasteiger partial charge in [0.15, 0.2) is 0 Å². The second-order valence-electron chi connectivity index (χ2n) is 6.67. The minimum absolute atomic E-state index is 0.0226. The number of amides is 1. The minimum Gasteiger partial charge on any atom is -0.395 e. The fourth-order valence-corrected chi connectivity index (χ4v) is 3.70. The number of aromatic amines is 1. The largest absolute Gasteiger partial charge is 0.395 e. The quantitative estimate of drug-likeness (QED) is 0.744. The molecule has 0 unspecified atom stereocenters. The van der Waals surface area contributed by atoms with Crippen LogP contribution >= 0.6 is 0 Å². The lowest BCUT2D eigenvalue weighted by Gasteiger charge is -2.31. The van der Waals surface area contributed by atoms with Gasteiger partial charge in [0.05, 0.1) is 13.2 Å². The van der Waals surface area contributed by atoms with Gasteiger partial charge in [0.1, 0.15) is 0 Å². The lowest BCUT2D eigenvalue weighted by molar-refractivity contribution is -0.130. The number of carbonyl (C=O) groups excluding carboxylic acids is 1. The third-order valence-corrected chi connectivity index (χ3v) is 5.05. The molecule has 26 heavy (non-hydrogen) atoms. The summed E-state index contributed by atoms with van der Waals surface area (Å²) in [7, 11) is 0. The predicted molar refractivity (Wildman–Crippen MR) is 103 cm³/mol. The van der Waals surface area contributed by atoms with Crippen LogP contribution < -0.4 is 4.90 Å². The first-order valence-corrected chi connectivity index (χ1v) is 9.03. The Labute approximate surface area is 152 Å². The number of aliphatic hydroxyl groups excluding tert-OH is 1. The summed E-state index contributed by atoms with van der Waals surface area (Å²) in [5.74, 6) is 0.0956. The lowest BCUT2D eigenvalue weighted by atomic mass is 10.0. The molecule has 0 aliphatic carbocycles. The van der Waals surface area contributed by atoms with Crippen molar-refractivity contribution in [2.75, 3.05) is 31.1 Å². The van der Waals surface area contributed by atoms with Crippen molar-refractivity contribution in [2.24, 2.45) is 0 Å². The van der Waals surface area contributed by atoms with Crippen LogP contribution in [0, 0.1) is 0 Å². The molecule has 0 saturated carbocycles. The maximum absolute atomic E-state index is 12.9. The number of carbonyl (C=O) groups is 1. The molecule has 4 rings (SSSR count). The number of para-hydroxylation sites is 2. The van der Waals surface area contributed by atoms with E-state index in [-0.39, 0.29) is 19.1 Å². The standard InChI is InChI=1S/C21H23N3O2/c25-13-12-23(16-6-2-1-3-7-16)15-21(26)24-11-10-20-18(14-24)17-8-4-5-9-19(17)22-20/h1-9,22,25H,10-15H2. The summed E-state index contributed by atoms with van der Waals surface area (Å²) in [6.45, 7) is 2.11. The smallest absolute Gasteiger partial charge is 0.242 e. The number of aromatic nitrogens is 1. The average Bonchev–Trinajstić information content (AvgIpc) is 3.06. The van der Waals surface area contributed by atoms with Crippen LogP contribution in [0.2, 0.25) is 0 Å². The van der Waals surface area contributed by atoms with E-state index in [1.807, 2.05) is 52.3 Å². The summed E-state index contributed by atoms with van der Waals surface area (Å²) in [6, 6.07) is 18.0. The van der Waals surface area contributed by atoms with Crippen LogP contribution in [0.5, 0.6) is 0 Å². The van der Waals surface area contributed by atoms with Crippen molar-refractivity contribution in [1.29, 1.82) is 0 Å². The molecule has 1 aromatic heterocycles. The van der Waals surface area contributed by atoms with E-state index in [9.17, 15) is 9.90 Å². The molecule has 134 valence electrons. The maximum atomic E-state index is 12.9. The zero-order chi connectivity index (χ0) is 17.9. The number of fused-ring (bicyclic) bond motifs is 3. The van der Waals surface area contributed by atoms with E-state index in [1.165, 1.54) is 16.6 Å². The van der Waals surface area contributed by atoms with Crippen LogP contribution in [0.1, 0.15) is 11.3 Å². The first kappa shape index (κ1) is 16.7. The number of hydrogen-bond donors (Lipinski definition) is 2. The Morgan fingerprint density at radius 1 is 1.12 bits per heavy atom. The molecule has 3 aromatic rings. The van der Waals surface area contributed by atoms with Gasteiger partial charge in [-0.05, 0) is 18.2 Å². The van der Waals surface area contributed by atoms with Crippen molar-refractivity contribution in [3.05, 3.63) is 65.9 Å². The number of nitrogens with zero attached hydrogens (tertiary/aromatic N) is 2. The van der Waals surface area contributed by atoms with Crippen LogP contribution in [-0.4, -0.2) is 47.1 Å². The van der Waals surface area contributed by atoms with Crippen molar-refractivity contribution in [3.8, 4) is 0 Å². The van der Waals surface area contributed by atoms with Gasteiger partial charge in [-0.1, -0.05) is 36.4 Å². The van der Waals surface area contributed by atoms with Gasteiger partial charge in [0, 0.05) is 53.9 Å². The summed E-state index contributed by atoms with van der Waals surface area (Å²) < 4.78 is 0. The monoisotopic (exact) mass is 349 g/mol. The molecule has 1 aliphatic heterocycles. The maximum Gasteiger partial charge on any atom is 0.242 e. The second kappa shape index (κ2) is 7.22. The Morgan fingerprint density at radius 2 is 1.88 bits per heavy atom. The molecule has 0 bridgehead atoms. The average molecular weight is 349 g/mol. The summed E-state index contributed by atoms with van der Waals surface area (Å²) >= 11 is 0. The molecule has 1 aliphatic rings. The molecule has 5 nitrogen and oxygen atoms in total. The first-order chi connectivity index (χ1) is 12.8. The SMILES string of the molecule is O=C(CN(CCO)c1ccccc1)N1CCc2[nH]c3ccccc3c2C1. The van der Waals surface area contributed by atoms with E-state index in [0.717, 1.165) is 24.2 Å². The normalized spacial score (nSPS) is 13.7. The van der Waals surface area contributed by atoms with Crippen molar-refractivity contribution < 1.29 is 9.90 Å². The number of benzene rings is 2. The van der Waals surface area contributed by atoms with Gasteiger partial charge in [0.2, 0.25) is 5.91 Å². The number of aliphatic hydroxyl groups is 1. The van der Waals surface area contributed by atoms with Gasteiger partial charge in [0.25, 0.3) is 0 Å². The van der Waals surface area contributed by atoms with Crippen molar-refractivity contribution in [2.45, 2.75) is 13.0 Å². The van der Waals surface area contributed by atoms with Crippen LogP contribution in [0.3, 0.4) is 0 Å². The highest BCUT2D eigenvalue weighted by molar-refractivity contribution is 5.87. The summed E-state index contributed by atoms with van der Waals surface area (Å²) in [5, 5.41) is 10.6. The predicted octanol–water partition coefficient (Wildman–Crippen LogP) is 2.55. The number of nitrogens with one attached hydrogen (secondary N) is 1. The molecule has 0 fully saturated rings. The molecule has 2 aromatic carbocycles. The van der Waals surface area contributed by atoms with Gasteiger partial charge >= 0.3 is 0 Å². The van der Waals surface area contributed by atoms with Gasteiger partial charge in [-0.2, -0.15) is 0 Å². The Balaban J connectivity index is 1.52. The molecular formula is C21H23N3O2. The third-order valence-electron chi connectivity index (χ3n) is 5.05. The van der Waals surface area contributed by atoms with E-state index in [0.29, 0.717) is 13.1 Å². The minimum atomic E-state index is 0.0226. The van der Waals surface area contributed by atoms with Crippen molar-refractivity contribution >= 4 is 22.5 Å². The van der Waals surface area contributed by atoms with Crippen LogP contribution in [0.25, 0.3) is 10.9 Å². The molecule has 1 amide bonds. The highest BCUT2D eigenvalue weighted by Crippen LogP contribution is 2.27. The van der Waals surface area contributed by atoms with Gasteiger partial charge in [-0.25, -0.2) is 0 Å². The van der Waals surface area contributed by atoms with E-state index in [1.54, 1.807) is 0 Å². The highest BCUT2D eigenvalue weighted by Gasteiger charge is 2.25. The molecule has 0 radical (unpaired) electrons. The topological polar surface area (TPSA) is 59.6 Å². The highest BCUT2D eigenvalue weighted by atomic mass is 16.3. The fourth-order valence-electron chi connectivity index (χ4n) is 3.70. The van der Waals surface area contributed by atoms with E-state index >= 15 is 0 Å². The molecular weight excluding hydrogens is 326 g/mol. The van der Waals surface area contributed by atoms with E-state index in [4.69, 9.17) is 0 Å². The summed E-state index contributed by atoms with van der Waals surface area (Å²) in [5.41, 5.74) is 4.57. The van der Waals surface area contributed by atoms with Crippen LogP contribution in [-0.2, 0) is 17.8 Å². The van der Waals surface area contributed by atoms with Gasteiger partial charge in [-0.3, -0.25) is 4.79 Å². The zero-order valence-electron chi connectivity index (χ0n) is 14.7. The second-order valence-corrected chi connectivity index (χ2v) is 6.67. The molecule has 2 N–H and O–H groups in total. The van der Waals surface area contributed by atoms with E-state index < -0.39 is 0 Å². The lowest BCUT2D eigenvalue weighted by Crippen LogP contribution is -2.43. The molecule has 5 heteroatoms. The molecule has 0 saturated heterocycles. The Morgan fingerprint density at radius 3 is 2.69 bits per heavy atom. The molecule has 0 atom stereocenters. The van der Waals surface area contributed by atoms with E-state index in [2.05, 4.69) is 17.1 Å². The summed E-state index contributed by atoms with van der Waals surface area (Å²) in [4.78, 5) is 20.3. The molecule has 2 heterocycles. The first-order valence-electron chi connectivity index (χ1n) is 9.03. The molecule has 0 spiro atoms. The summed E-state index contributed by atoms with van der Waals surface area (Å²) in [6.07, 6.45) is 0.848. The van der Waals surface area contributed by atoms with Gasteiger partial charge in [-0.15, -0.1) is 0 Å². The Hall–Kier alpha value is -2.79. The van der Waals surface area contributed by atoms with Crippen LogP contribution in [0.4, 0.5) is 5.69 Å². The third kappa shape index (κ3) is 3.18. The number of H-pyrrole nitrogens is 1. The number of anilines is 1. The van der Waals surface area contributed by atoms with Crippen LogP contribution in [0.15, 0.2) is 54.6 Å². The Bertz CT molecular complexity index is 904. The Kier molecular flexibility index (Phi) is 4.63.